The first kappa shape index (κ1) is 11.0. The minimum absolute atomic E-state index is 0.178. The van der Waals surface area contributed by atoms with E-state index in [0.29, 0.717) is 14.4 Å². The van der Waals surface area contributed by atoms with Crippen LogP contribution in [0.4, 0.5) is 13.2 Å². The van der Waals surface area contributed by atoms with E-state index in [0.717, 1.165) is 17.4 Å². The molecule has 0 N–H and O–H groups in total. The highest BCUT2D eigenvalue weighted by Crippen LogP contribution is 2.37. The molecule has 15 heavy (non-hydrogen) atoms. The fraction of sp³-hybridized carbons (Fsp3) is 0.125. The first-order chi connectivity index (χ1) is 6.88. The molecule has 0 saturated carbocycles. The van der Waals surface area contributed by atoms with Crippen LogP contribution in [0.5, 0.6) is 0 Å². The number of thiophene rings is 1. The molecule has 0 aliphatic rings. The summed E-state index contributed by atoms with van der Waals surface area (Å²) in [4.78, 5) is 3.27. The van der Waals surface area contributed by atoms with E-state index in [-0.39, 0.29) is 5.15 Å². The molecule has 0 amide bonds. The van der Waals surface area contributed by atoms with Crippen LogP contribution in [-0.2, 0) is 6.18 Å². The van der Waals surface area contributed by atoms with Crippen LogP contribution in [0.2, 0.25) is 9.49 Å². The quantitative estimate of drug-likeness (QED) is 0.637. The second-order valence-electron chi connectivity index (χ2n) is 2.76. The Kier molecular flexibility index (Phi) is 2.56. The lowest BCUT2D eigenvalue weighted by molar-refractivity contribution is -0.141. The fourth-order valence-electron chi connectivity index (χ4n) is 1.11. The summed E-state index contributed by atoms with van der Waals surface area (Å²) in [6.07, 6.45) is -4.49. The molecule has 0 radical (unpaired) electrons. The van der Waals surface area contributed by atoms with Crippen molar-refractivity contribution in [1.29, 1.82) is 0 Å². The summed E-state index contributed by atoms with van der Waals surface area (Å²) in [5.41, 5.74) is -1.00. The molecule has 2 heterocycles. The lowest BCUT2D eigenvalue weighted by atomic mass is 10.3. The van der Waals surface area contributed by atoms with Crippen LogP contribution in [0.3, 0.4) is 0 Å². The van der Waals surface area contributed by atoms with E-state index in [1.807, 2.05) is 0 Å². The highest BCUT2D eigenvalue weighted by molar-refractivity contribution is 7.22. The van der Waals surface area contributed by atoms with E-state index in [1.165, 1.54) is 6.07 Å². The molecule has 0 aliphatic carbocycles. The van der Waals surface area contributed by atoms with Gasteiger partial charge in [-0.1, -0.05) is 23.2 Å². The molecule has 2 aromatic heterocycles. The topological polar surface area (TPSA) is 12.9 Å². The van der Waals surface area contributed by atoms with Gasteiger partial charge in [0.25, 0.3) is 0 Å². The van der Waals surface area contributed by atoms with Gasteiger partial charge in [0.05, 0.1) is 4.34 Å². The summed E-state index contributed by atoms with van der Waals surface area (Å²) in [5, 5.41) is 0.266. The Morgan fingerprint density at radius 1 is 1.20 bits per heavy atom. The van der Waals surface area contributed by atoms with Crippen LogP contribution in [0, 0.1) is 0 Å². The number of pyridine rings is 1. The van der Waals surface area contributed by atoms with Crippen molar-refractivity contribution in [1.82, 2.24) is 4.98 Å². The SMILES string of the molecule is FC(F)(F)c1cc2sc(Cl)cc2c(Cl)n1. The van der Waals surface area contributed by atoms with Gasteiger partial charge < -0.3 is 0 Å². The third kappa shape index (κ3) is 2.04. The minimum Gasteiger partial charge on any atom is -0.231 e. The smallest absolute Gasteiger partial charge is 0.231 e. The van der Waals surface area contributed by atoms with Gasteiger partial charge in [0.15, 0.2) is 0 Å². The van der Waals surface area contributed by atoms with E-state index in [4.69, 9.17) is 23.2 Å². The van der Waals surface area contributed by atoms with E-state index < -0.39 is 11.9 Å². The Bertz CT molecular complexity index is 520. The fourth-order valence-corrected chi connectivity index (χ4v) is 2.60. The molecular weight excluding hydrogens is 270 g/mol. The van der Waals surface area contributed by atoms with Gasteiger partial charge in [-0.05, 0) is 12.1 Å². The standard InChI is InChI=1S/C8H2Cl2F3NS/c9-6-1-3-4(15-6)2-5(8(11,12)13)14-7(3)10/h1-2H. The van der Waals surface area contributed by atoms with Crippen LogP contribution in [-0.4, -0.2) is 4.98 Å². The first-order valence-corrected chi connectivity index (χ1v) is 5.28. The van der Waals surface area contributed by atoms with Crippen molar-refractivity contribution in [2.45, 2.75) is 6.18 Å². The van der Waals surface area contributed by atoms with Crippen LogP contribution in [0.1, 0.15) is 5.69 Å². The average Bonchev–Trinajstić information content (AvgIpc) is 2.44. The highest BCUT2D eigenvalue weighted by Gasteiger charge is 2.33. The van der Waals surface area contributed by atoms with Gasteiger partial charge in [-0.3, -0.25) is 0 Å². The lowest BCUT2D eigenvalue weighted by Crippen LogP contribution is -2.07. The largest absolute Gasteiger partial charge is 0.433 e. The van der Waals surface area contributed by atoms with Crippen molar-refractivity contribution in [3.05, 3.63) is 27.3 Å². The molecule has 0 aromatic carbocycles. The molecule has 0 saturated heterocycles. The molecule has 0 aliphatic heterocycles. The Balaban J connectivity index is 2.72. The Morgan fingerprint density at radius 2 is 1.87 bits per heavy atom. The van der Waals surface area contributed by atoms with E-state index in [1.54, 1.807) is 0 Å². The Morgan fingerprint density at radius 3 is 2.47 bits per heavy atom. The number of fused-ring (bicyclic) bond motifs is 1. The van der Waals surface area contributed by atoms with Crippen LogP contribution in [0.15, 0.2) is 12.1 Å². The number of hydrogen-bond acceptors (Lipinski definition) is 2. The summed E-state index contributed by atoms with van der Waals surface area (Å²) in [6.45, 7) is 0. The maximum absolute atomic E-state index is 12.4. The van der Waals surface area contributed by atoms with Crippen molar-refractivity contribution in [3.63, 3.8) is 0 Å². The van der Waals surface area contributed by atoms with Crippen LogP contribution >= 0.6 is 34.5 Å². The molecule has 0 atom stereocenters. The van der Waals surface area contributed by atoms with Crippen molar-refractivity contribution in [2.75, 3.05) is 0 Å². The number of rotatable bonds is 0. The molecule has 0 bridgehead atoms. The number of alkyl halides is 3. The predicted molar refractivity (Wildman–Crippen MR) is 54.6 cm³/mol. The number of aromatic nitrogens is 1. The van der Waals surface area contributed by atoms with Gasteiger partial charge in [0.2, 0.25) is 0 Å². The summed E-state index contributed by atoms with van der Waals surface area (Å²) in [7, 11) is 0. The molecule has 7 heteroatoms. The predicted octanol–water partition coefficient (Wildman–Crippen LogP) is 4.62. The molecule has 0 spiro atoms. The van der Waals surface area contributed by atoms with E-state index >= 15 is 0 Å². The molecule has 2 aromatic rings. The summed E-state index contributed by atoms with van der Waals surface area (Å²) in [6, 6.07) is 2.44. The second kappa shape index (κ2) is 3.50. The van der Waals surface area contributed by atoms with E-state index in [2.05, 4.69) is 4.98 Å². The van der Waals surface area contributed by atoms with Gasteiger partial charge in [-0.15, -0.1) is 11.3 Å². The molecule has 1 nitrogen and oxygen atoms in total. The monoisotopic (exact) mass is 271 g/mol. The van der Waals surface area contributed by atoms with Crippen molar-refractivity contribution in [3.8, 4) is 0 Å². The maximum Gasteiger partial charge on any atom is 0.433 e. The maximum atomic E-state index is 12.4. The van der Waals surface area contributed by atoms with Gasteiger partial charge >= 0.3 is 6.18 Å². The molecule has 80 valence electrons. The molecule has 0 unspecified atom stereocenters. The molecule has 2 rings (SSSR count). The third-order valence-electron chi connectivity index (χ3n) is 1.73. The first-order valence-electron chi connectivity index (χ1n) is 3.71. The van der Waals surface area contributed by atoms with Crippen LogP contribution < -0.4 is 0 Å². The minimum atomic E-state index is -4.49. The second-order valence-corrected chi connectivity index (χ2v) is 4.83. The molecule has 0 fully saturated rings. The number of hydrogen-bond donors (Lipinski definition) is 0. The molecular formula is C8H2Cl2F3NS. The zero-order chi connectivity index (χ0) is 11.2. The Labute approximate surface area is 96.4 Å². The van der Waals surface area contributed by atoms with Crippen molar-refractivity contribution in [2.24, 2.45) is 0 Å². The Hall–Kier alpha value is -0.520. The highest BCUT2D eigenvalue weighted by atomic mass is 35.5. The van der Waals surface area contributed by atoms with Gasteiger partial charge in [-0.2, -0.15) is 13.2 Å². The summed E-state index contributed by atoms with van der Waals surface area (Å²) in [5.74, 6) is 0. The van der Waals surface area contributed by atoms with Gasteiger partial charge in [0.1, 0.15) is 10.8 Å². The van der Waals surface area contributed by atoms with Crippen molar-refractivity contribution >= 4 is 44.6 Å². The van der Waals surface area contributed by atoms with Crippen LogP contribution in [0.25, 0.3) is 10.1 Å². The average molecular weight is 272 g/mol. The zero-order valence-corrected chi connectivity index (χ0v) is 9.23. The van der Waals surface area contributed by atoms with Crippen molar-refractivity contribution < 1.29 is 13.2 Å². The number of halogens is 5. The van der Waals surface area contributed by atoms with Gasteiger partial charge in [-0.25, -0.2) is 4.98 Å². The third-order valence-corrected chi connectivity index (χ3v) is 3.23. The van der Waals surface area contributed by atoms with Gasteiger partial charge in [0, 0.05) is 10.1 Å². The summed E-state index contributed by atoms with van der Waals surface area (Å²) < 4.78 is 37.8. The van der Waals surface area contributed by atoms with E-state index in [9.17, 15) is 13.2 Å². The lowest BCUT2D eigenvalue weighted by Gasteiger charge is -2.05. The summed E-state index contributed by atoms with van der Waals surface area (Å²) >= 11 is 12.3. The normalized spacial score (nSPS) is 12.3. The zero-order valence-electron chi connectivity index (χ0n) is 6.90. The number of nitrogens with zero attached hydrogens (tertiary/aromatic N) is 1.